The number of pyridine rings is 1. The van der Waals surface area contributed by atoms with E-state index in [0.717, 1.165) is 44.3 Å². The summed E-state index contributed by atoms with van der Waals surface area (Å²) in [5.41, 5.74) is 4.31. The Balaban J connectivity index is 1.09. The van der Waals surface area contributed by atoms with Crippen LogP contribution in [0.1, 0.15) is 55.2 Å². The minimum Gasteiger partial charge on any atom is -0.497 e. The normalized spacial score (nSPS) is 20.4. The van der Waals surface area contributed by atoms with E-state index in [1.165, 1.54) is 5.69 Å². The van der Waals surface area contributed by atoms with Crippen LogP contribution in [0.25, 0.3) is 0 Å². The zero-order chi connectivity index (χ0) is 31.8. The number of ether oxygens (including phenoxy) is 1. The fourth-order valence-electron chi connectivity index (χ4n) is 7.67. The Morgan fingerprint density at radius 2 is 1.51 bits per heavy atom. The van der Waals surface area contributed by atoms with E-state index in [9.17, 15) is 16.8 Å². The third-order valence-corrected chi connectivity index (χ3v) is 14.3. The minimum absolute atomic E-state index is 0.0249. The van der Waals surface area contributed by atoms with Gasteiger partial charge in [-0.15, -0.1) is 0 Å². The number of para-hydroxylation sites is 1. The lowest BCUT2D eigenvalue weighted by Gasteiger charge is -2.47. The van der Waals surface area contributed by atoms with Crippen molar-refractivity contribution in [2.75, 3.05) is 48.2 Å². The Labute approximate surface area is 268 Å². The molecule has 6 rings (SSSR count). The van der Waals surface area contributed by atoms with Gasteiger partial charge in [0.2, 0.25) is 10.0 Å². The molecule has 1 atom stereocenters. The molecule has 0 bridgehead atoms. The van der Waals surface area contributed by atoms with Crippen molar-refractivity contribution in [1.29, 1.82) is 0 Å². The molecule has 0 aliphatic carbocycles. The van der Waals surface area contributed by atoms with Crippen LogP contribution in [-0.4, -0.2) is 71.2 Å². The molecule has 3 aliphatic heterocycles. The first-order valence-electron chi connectivity index (χ1n) is 15.9. The number of hydrogen-bond donors (Lipinski definition) is 0. The molecular formula is C34H44N4O5S2. The Bertz CT molecular complexity index is 1710. The highest BCUT2D eigenvalue weighted by Crippen LogP contribution is 2.43. The number of benzene rings is 2. The van der Waals surface area contributed by atoms with Crippen LogP contribution >= 0.6 is 0 Å². The Morgan fingerprint density at radius 3 is 2.16 bits per heavy atom. The molecular weight excluding hydrogens is 609 g/mol. The van der Waals surface area contributed by atoms with E-state index >= 15 is 0 Å². The Kier molecular flexibility index (Phi) is 8.88. The summed E-state index contributed by atoms with van der Waals surface area (Å²) in [5, 5.41) is 0. The Morgan fingerprint density at radius 1 is 0.889 bits per heavy atom. The van der Waals surface area contributed by atoms with Gasteiger partial charge < -0.3 is 9.64 Å². The number of rotatable bonds is 9. The molecule has 1 aromatic heterocycles. The first kappa shape index (κ1) is 31.8. The van der Waals surface area contributed by atoms with Crippen LogP contribution in [0.5, 0.6) is 5.75 Å². The molecule has 4 heterocycles. The van der Waals surface area contributed by atoms with Crippen LogP contribution in [0.2, 0.25) is 0 Å². The topological polar surface area (TPSA) is 100 Å². The minimum atomic E-state index is -3.90. The van der Waals surface area contributed by atoms with E-state index in [2.05, 4.69) is 9.88 Å². The van der Waals surface area contributed by atoms with Gasteiger partial charge in [-0.05, 0) is 111 Å². The second kappa shape index (κ2) is 12.6. The zero-order valence-electron chi connectivity index (χ0n) is 26.5. The number of fused-ring (bicyclic) bond motifs is 1. The van der Waals surface area contributed by atoms with Crippen molar-refractivity contribution in [3.05, 3.63) is 77.6 Å². The summed E-state index contributed by atoms with van der Waals surface area (Å²) in [6.07, 6.45) is 9.00. The average Bonchev–Trinajstić information content (AvgIpc) is 3.40. The summed E-state index contributed by atoms with van der Waals surface area (Å²) in [6, 6.07) is 14.8. The second-order valence-corrected chi connectivity index (χ2v) is 16.8. The number of anilines is 2. The number of methoxy groups -OCH3 is 1. The maximum atomic E-state index is 14.3. The number of nitrogens with zero attached hydrogens (tertiary/aromatic N) is 4. The standard InChI is InChI=1S/C34H44N4O5S2/c1-26-23-31(43-3)24-27(2)33(26)45(41,42)38-30(25-28-7-4-5-9-32(28)38)8-6-22-44(39,40)37-20-14-34(15-21-37)12-18-36(19-13-34)29-10-16-35-17-11-29/h4-5,7,9-11,16-17,23-24,30H,6,8,12-15,18-22,25H2,1-3H3. The van der Waals surface area contributed by atoms with Crippen molar-refractivity contribution in [1.82, 2.24) is 9.29 Å². The predicted molar refractivity (Wildman–Crippen MR) is 178 cm³/mol. The molecule has 0 N–H and O–H groups in total. The van der Waals surface area contributed by atoms with Crippen LogP contribution in [0.15, 0.2) is 65.8 Å². The van der Waals surface area contributed by atoms with Gasteiger partial charge in [-0.25, -0.2) is 21.1 Å². The molecule has 242 valence electrons. The number of sulfonamides is 2. The highest BCUT2D eigenvalue weighted by molar-refractivity contribution is 7.93. The molecule has 3 aromatic rings. The molecule has 1 spiro atoms. The van der Waals surface area contributed by atoms with Gasteiger partial charge in [0.1, 0.15) is 5.75 Å². The second-order valence-electron chi connectivity index (χ2n) is 12.9. The molecule has 9 nitrogen and oxygen atoms in total. The van der Waals surface area contributed by atoms with E-state index in [1.807, 2.05) is 48.8 Å². The fraction of sp³-hybridized carbons (Fsp3) is 0.500. The quantitative estimate of drug-likeness (QED) is 0.309. The predicted octanol–water partition coefficient (Wildman–Crippen LogP) is 5.32. The van der Waals surface area contributed by atoms with E-state index in [0.29, 0.717) is 54.9 Å². The van der Waals surface area contributed by atoms with Crippen LogP contribution < -0.4 is 13.9 Å². The van der Waals surface area contributed by atoms with Crippen LogP contribution in [0.4, 0.5) is 11.4 Å². The van der Waals surface area contributed by atoms with Crippen molar-refractivity contribution >= 4 is 31.4 Å². The largest absolute Gasteiger partial charge is 0.497 e. The molecule has 3 aliphatic rings. The first-order valence-corrected chi connectivity index (χ1v) is 19.0. The number of aromatic nitrogens is 1. The lowest BCUT2D eigenvalue weighted by Crippen LogP contribution is -2.48. The van der Waals surface area contributed by atoms with Gasteiger partial charge in [0.15, 0.2) is 0 Å². The summed E-state index contributed by atoms with van der Waals surface area (Å²) in [6.45, 7) is 6.66. The summed E-state index contributed by atoms with van der Waals surface area (Å²) in [7, 11) is -5.78. The number of aryl methyl sites for hydroxylation is 2. The van der Waals surface area contributed by atoms with Gasteiger partial charge in [-0.1, -0.05) is 18.2 Å². The van der Waals surface area contributed by atoms with Crippen molar-refractivity contribution in [3.8, 4) is 5.75 Å². The smallest absolute Gasteiger partial charge is 0.265 e. The third kappa shape index (κ3) is 6.31. The highest BCUT2D eigenvalue weighted by Gasteiger charge is 2.42. The lowest BCUT2D eigenvalue weighted by atomic mass is 9.71. The maximum Gasteiger partial charge on any atom is 0.265 e. The maximum absolute atomic E-state index is 14.3. The summed E-state index contributed by atoms with van der Waals surface area (Å²) < 4.78 is 64.1. The average molecular weight is 653 g/mol. The summed E-state index contributed by atoms with van der Waals surface area (Å²) in [4.78, 5) is 6.81. The van der Waals surface area contributed by atoms with Gasteiger partial charge in [-0.2, -0.15) is 0 Å². The van der Waals surface area contributed by atoms with Gasteiger partial charge in [0, 0.05) is 50.3 Å². The van der Waals surface area contributed by atoms with Gasteiger partial charge >= 0.3 is 0 Å². The monoisotopic (exact) mass is 652 g/mol. The molecule has 2 saturated heterocycles. The molecule has 0 saturated carbocycles. The van der Waals surface area contributed by atoms with E-state index < -0.39 is 20.0 Å². The molecule has 1 unspecified atom stereocenters. The van der Waals surface area contributed by atoms with Crippen molar-refractivity contribution in [2.24, 2.45) is 5.41 Å². The molecule has 0 amide bonds. The zero-order valence-corrected chi connectivity index (χ0v) is 28.1. The molecule has 2 aromatic carbocycles. The van der Waals surface area contributed by atoms with Crippen molar-refractivity contribution in [3.63, 3.8) is 0 Å². The highest BCUT2D eigenvalue weighted by atomic mass is 32.2. The molecule has 45 heavy (non-hydrogen) atoms. The van der Waals surface area contributed by atoms with Crippen LogP contribution in [0, 0.1) is 19.3 Å². The summed E-state index contributed by atoms with van der Waals surface area (Å²) in [5.74, 6) is 0.642. The Hall–Kier alpha value is -3.15. The van der Waals surface area contributed by atoms with Gasteiger partial charge in [0.25, 0.3) is 10.0 Å². The van der Waals surface area contributed by atoms with Gasteiger partial charge in [-0.3, -0.25) is 9.29 Å². The first-order chi connectivity index (χ1) is 21.5. The SMILES string of the molecule is COc1cc(C)c(S(=O)(=O)N2c3ccccc3CC2CCCS(=O)(=O)N2CCC3(CCN(c4ccncc4)CC3)CC2)c(C)c1. The van der Waals surface area contributed by atoms with Gasteiger partial charge in [0.05, 0.1) is 23.4 Å². The van der Waals surface area contributed by atoms with E-state index in [1.54, 1.807) is 41.7 Å². The number of hydrogen-bond acceptors (Lipinski definition) is 7. The molecule has 2 fully saturated rings. The molecule has 0 radical (unpaired) electrons. The van der Waals surface area contributed by atoms with Crippen molar-refractivity contribution < 1.29 is 21.6 Å². The summed E-state index contributed by atoms with van der Waals surface area (Å²) >= 11 is 0. The van der Waals surface area contributed by atoms with E-state index in [-0.39, 0.29) is 22.1 Å². The third-order valence-electron chi connectivity index (χ3n) is 10.2. The van der Waals surface area contributed by atoms with Crippen molar-refractivity contribution in [2.45, 2.75) is 69.7 Å². The molecule has 11 heteroatoms. The van der Waals surface area contributed by atoms with Crippen LogP contribution in [0.3, 0.4) is 0 Å². The number of piperidine rings is 2. The lowest BCUT2D eigenvalue weighted by molar-refractivity contribution is 0.119. The van der Waals surface area contributed by atoms with Crippen LogP contribution in [-0.2, 0) is 26.5 Å². The fourth-order valence-corrected chi connectivity index (χ4v) is 11.3. The van der Waals surface area contributed by atoms with E-state index in [4.69, 9.17) is 4.74 Å².